The Hall–Kier alpha value is -0.420. The number of nitrogens with zero attached hydrogens (tertiary/aromatic N) is 1. The lowest BCUT2D eigenvalue weighted by atomic mass is 10.2. The molecule has 0 aromatic heterocycles. The van der Waals surface area contributed by atoms with E-state index in [9.17, 15) is 4.39 Å². The summed E-state index contributed by atoms with van der Waals surface area (Å²) in [6, 6.07) is 6.67. The van der Waals surface area contributed by atoms with Crippen LogP contribution < -0.4 is 24.0 Å². The second kappa shape index (κ2) is 6.23. The van der Waals surface area contributed by atoms with Crippen LogP contribution in [0, 0.1) is 5.82 Å². The largest absolute Gasteiger partial charge is 1.00 e. The topological polar surface area (TPSA) is 0 Å². The Labute approximate surface area is 108 Å². The first-order valence-corrected chi connectivity index (χ1v) is 4.71. The average molecular weight is 321 g/mol. The van der Waals surface area contributed by atoms with E-state index in [1.54, 1.807) is 0 Å². The molecule has 0 unspecified atom stereocenters. The fourth-order valence-corrected chi connectivity index (χ4v) is 1.50. The maximum atomic E-state index is 12.6. The van der Waals surface area contributed by atoms with Gasteiger partial charge in [-0.05, 0) is 18.2 Å². The van der Waals surface area contributed by atoms with Crippen molar-refractivity contribution in [2.24, 2.45) is 0 Å². The van der Waals surface area contributed by atoms with Crippen LogP contribution in [0.2, 0.25) is 0 Å². The molecule has 0 heterocycles. The van der Waals surface area contributed by atoms with Crippen molar-refractivity contribution in [2.45, 2.75) is 6.54 Å². The molecule has 0 saturated heterocycles. The first-order chi connectivity index (χ1) is 6.53. The lowest BCUT2D eigenvalue weighted by Gasteiger charge is -2.28. The van der Waals surface area contributed by atoms with Crippen molar-refractivity contribution in [3.05, 3.63) is 48.3 Å². The Bertz CT molecular complexity index is 306. The maximum absolute atomic E-state index is 12.6. The van der Waals surface area contributed by atoms with Gasteiger partial charge in [0.2, 0.25) is 0 Å². The van der Waals surface area contributed by atoms with E-state index in [1.165, 1.54) is 12.1 Å². The molecule has 1 aromatic rings. The van der Waals surface area contributed by atoms with Gasteiger partial charge in [0.1, 0.15) is 12.4 Å². The van der Waals surface area contributed by atoms with Crippen molar-refractivity contribution in [3.8, 4) is 0 Å². The number of hydrogen-bond donors (Lipinski definition) is 0. The molecule has 0 N–H and O–H groups in total. The Morgan fingerprint density at radius 3 is 2.27 bits per heavy atom. The molecule has 0 atom stereocenters. The van der Waals surface area contributed by atoms with Crippen LogP contribution in [0.4, 0.5) is 4.39 Å². The van der Waals surface area contributed by atoms with E-state index in [4.69, 9.17) is 0 Å². The second-order valence-electron chi connectivity index (χ2n) is 4.19. The number of hydrogen-bond acceptors (Lipinski definition) is 0. The minimum atomic E-state index is -0.178. The molecule has 0 aliphatic carbocycles. The summed E-state index contributed by atoms with van der Waals surface area (Å²) in [5, 5.41) is 0. The van der Waals surface area contributed by atoms with Crippen LogP contribution in [0.25, 0.3) is 0 Å². The summed E-state index contributed by atoms with van der Waals surface area (Å²) in [6.45, 7) is 5.54. The molecule has 0 bridgehead atoms. The number of likely N-dealkylation sites (N-methyl/N-ethyl adjacent to an activating group) is 1. The van der Waals surface area contributed by atoms with Gasteiger partial charge in [0.25, 0.3) is 0 Å². The van der Waals surface area contributed by atoms with Crippen molar-refractivity contribution >= 4 is 0 Å². The van der Waals surface area contributed by atoms with Crippen LogP contribution in [0.5, 0.6) is 0 Å². The highest BCUT2D eigenvalue weighted by atomic mass is 127. The van der Waals surface area contributed by atoms with Crippen molar-refractivity contribution < 1.29 is 32.9 Å². The Kier molecular flexibility index (Phi) is 6.05. The summed E-state index contributed by atoms with van der Waals surface area (Å²) in [5.74, 6) is -0.178. The van der Waals surface area contributed by atoms with Crippen molar-refractivity contribution in [1.82, 2.24) is 0 Å². The van der Waals surface area contributed by atoms with Gasteiger partial charge in [-0.3, -0.25) is 0 Å². The smallest absolute Gasteiger partial charge is 0.123 e. The molecule has 84 valence electrons. The van der Waals surface area contributed by atoms with E-state index in [2.05, 4.69) is 20.7 Å². The second-order valence-corrected chi connectivity index (χ2v) is 4.19. The van der Waals surface area contributed by atoms with E-state index in [0.29, 0.717) is 0 Å². The van der Waals surface area contributed by atoms with Crippen LogP contribution in [-0.4, -0.2) is 25.1 Å². The zero-order valence-electron chi connectivity index (χ0n) is 9.21. The fourth-order valence-electron chi connectivity index (χ4n) is 1.50. The Morgan fingerprint density at radius 2 is 1.80 bits per heavy atom. The molecule has 1 rings (SSSR count). The molecule has 0 spiro atoms. The van der Waals surface area contributed by atoms with Gasteiger partial charge < -0.3 is 28.5 Å². The Balaban J connectivity index is 0.00000196. The van der Waals surface area contributed by atoms with Crippen LogP contribution >= 0.6 is 0 Å². The zero-order chi connectivity index (χ0) is 10.6. The first-order valence-electron chi connectivity index (χ1n) is 4.71. The van der Waals surface area contributed by atoms with Gasteiger partial charge in [0, 0.05) is 5.56 Å². The van der Waals surface area contributed by atoms with Gasteiger partial charge in [-0.1, -0.05) is 18.7 Å². The lowest BCUT2D eigenvalue weighted by Crippen LogP contribution is -3.00. The van der Waals surface area contributed by atoms with Crippen molar-refractivity contribution in [3.63, 3.8) is 0 Å². The summed E-state index contributed by atoms with van der Waals surface area (Å²) >= 11 is 0. The molecule has 0 radical (unpaired) electrons. The van der Waals surface area contributed by atoms with Crippen molar-refractivity contribution in [1.29, 1.82) is 0 Å². The van der Waals surface area contributed by atoms with E-state index >= 15 is 0 Å². The fraction of sp³-hybridized carbons (Fsp3) is 0.333. The van der Waals surface area contributed by atoms with Crippen LogP contribution in [-0.2, 0) is 6.54 Å². The first kappa shape index (κ1) is 14.6. The van der Waals surface area contributed by atoms with Gasteiger partial charge in [-0.25, -0.2) is 4.39 Å². The van der Waals surface area contributed by atoms with E-state index in [1.807, 2.05) is 18.2 Å². The summed E-state index contributed by atoms with van der Waals surface area (Å²) in [5.41, 5.74) is 1.15. The standard InChI is InChI=1S/C12H17FN.HI/c1-4-9-14(2,3)10-11-5-7-12(13)8-6-11;/h4-8H,1,9-10H2,2-3H3;1H/q+1;/p-1. The van der Waals surface area contributed by atoms with E-state index in [0.717, 1.165) is 23.1 Å². The van der Waals surface area contributed by atoms with Crippen molar-refractivity contribution in [2.75, 3.05) is 20.6 Å². The van der Waals surface area contributed by atoms with Crippen LogP contribution in [0.3, 0.4) is 0 Å². The predicted octanol–water partition coefficient (Wildman–Crippen LogP) is -0.408. The normalized spacial score (nSPS) is 10.6. The summed E-state index contributed by atoms with van der Waals surface area (Å²) in [6.07, 6.45) is 1.91. The molecule has 1 nitrogen and oxygen atoms in total. The molecule has 0 aliphatic heterocycles. The highest BCUT2D eigenvalue weighted by molar-refractivity contribution is 5.14. The number of benzene rings is 1. The third-order valence-corrected chi connectivity index (χ3v) is 2.15. The maximum Gasteiger partial charge on any atom is 0.123 e. The monoisotopic (exact) mass is 321 g/mol. The third kappa shape index (κ3) is 5.28. The number of rotatable bonds is 4. The molecular weight excluding hydrogens is 304 g/mol. The van der Waals surface area contributed by atoms with Gasteiger partial charge >= 0.3 is 0 Å². The minimum Gasteiger partial charge on any atom is -1.00 e. The molecule has 0 fully saturated rings. The molecule has 0 amide bonds. The molecule has 0 saturated carbocycles. The summed E-state index contributed by atoms with van der Waals surface area (Å²) < 4.78 is 13.5. The van der Waals surface area contributed by atoms with E-state index < -0.39 is 0 Å². The van der Waals surface area contributed by atoms with Crippen LogP contribution in [0.15, 0.2) is 36.9 Å². The van der Waals surface area contributed by atoms with Gasteiger partial charge in [-0.2, -0.15) is 0 Å². The quantitative estimate of drug-likeness (QED) is 0.402. The molecule has 0 aliphatic rings. The predicted molar refractivity (Wildman–Crippen MR) is 57.3 cm³/mol. The molecule has 3 heteroatoms. The average Bonchev–Trinajstić information content (AvgIpc) is 2.08. The highest BCUT2D eigenvalue weighted by Crippen LogP contribution is 2.10. The Morgan fingerprint density at radius 1 is 1.27 bits per heavy atom. The summed E-state index contributed by atoms with van der Waals surface area (Å²) in [7, 11) is 4.26. The van der Waals surface area contributed by atoms with Gasteiger partial charge in [0.15, 0.2) is 0 Å². The van der Waals surface area contributed by atoms with E-state index in [-0.39, 0.29) is 29.8 Å². The SMILES string of the molecule is C=CC[N+](C)(C)Cc1ccc(F)cc1.[I-]. The molecular formula is C12H17FIN. The van der Waals surface area contributed by atoms with Gasteiger partial charge in [0.05, 0.1) is 20.6 Å². The van der Waals surface area contributed by atoms with Crippen LogP contribution in [0.1, 0.15) is 5.56 Å². The third-order valence-electron chi connectivity index (χ3n) is 2.15. The zero-order valence-corrected chi connectivity index (χ0v) is 11.4. The molecule has 15 heavy (non-hydrogen) atoms. The summed E-state index contributed by atoms with van der Waals surface area (Å²) in [4.78, 5) is 0. The van der Waals surface area contributed by atoms with Gasteiger partial charge in [-0.15, -0.1) is 0 Å². The lowest BCUT2D eigenvalue weighted by molar-refractivity contribution is -0.897. The molecule has 1 aromatic carbocycles. The number of halogens is 2. The number of quaternary nitrogens is 1. The highest BCUT2D eigenvalue weighted by Gasteiger charge is 2.13. The minimum absolute atomic E-state index is 0.